The highest BCUT2D eigenvalue weighted by Gasteiger charge is 2.28. The highest BCUT2D eigenvalue weighted by atomic mass is 32.1. The summed E-state index contributed by atoms with van der Waals surface area (Å²) in [6.45, 7) is 4.61. The maximum absolute atomic E-state index is 14.3. The molecule has 2 aliphatic rings. The Morgan fingerprint density at radius 1 is 1.21 bits per heavy atom. The predicted molar refractivity (Wildman–Crippen MR) is 123 cm³/mol. The van der Waals surface area contributed by atoms with Crippen molar-refractivity contribution in [2.75, 3.05) is 31.1 Å². The number of hydrogen-bond acceptors (Lipinski definition) is 8. The quantitative estimate of drug-likeness (QED) is 0.387. The van der Waals surface area contributed by atoms with E-state index in [1.165, 1.54) is 17.4 Å². The SMILES string of the molecule is CC1c2cnc(-c3cscn3)nc2CCN1c1cc(OCCCN2CCCC2=O)cc(F)n1. The van der Waals surface area contributed by atoms with Crippen molar-refractivity contribution >= 4 is 23.1 Å². The molecule has 0 N–H and O–H groups in total. The minimum atomic E-state index is -0.578. The molecule has 172 valence electrons. The van der Waals surface area contributed by atoms with Crippen molar-refractivity contribution in [3.05, 3.63) is 46.4 Å². The molecule has 5 heterocycles. The molecule has 0 bridgehead atoms. The predicted octanol–water partition coefficient (Wildman–Crippen LogP) is 3.65. The smallest absolute Gasteiger partial charge is 0.222 e. The molecule has 1 unspecified atom stereocenters. The van der Waals surface area contributed by atoms with Crippen LogP contribution < -0.4 is 9.64 Å². The molecule has 2 aliphatic heterocycles. The third-order valence-corrected chi connectivity index (χ3v) is 6.72. The van der Waals surface area contributed by atoms with Gasteiger partial charge < -0.3 is 14.5 Å². The number of hydrogen-bond donors (Lipinski definition) is 0. The molecular formula is C23H25FN6O2S. The van der Waals surface area contributed by atoms with Crippen molar-refractivity contribution in [1.82, 2.24) is 24.8 Å². The number of amides is 1. The van der Waals surface area contributed by atoms with Crippen LogP contribution in [0.4, 0.5) is 10.2 Å². The van der Waals surface area contributed by atoms with Crippen molar-refractivity contribution < 1.29 is 13.9 Å². The summed E-state index contributed by atoms with van der Waals surface area (Å²) in [5.41, 5.74) is 4.54. The number of pyridine rings is 1. The molecule has 1 fully saturated rings. The van der Waals surface area contributed by atoms with Crippen LogP contribution in [0, 0.1) is 5.95 Å². The molecule has 33 heavy (non-hydrogen) atoms. The second-order valence-corrected chi connectivity index (χ2v) is 8.98. The molecule has 0 saturated carbocycles. The van der Waals surface area contributed by atoms with Crippen LogP contribution in [0.2, 0.25) is 0 Å². The van der Waals surface area contributed by atoms with E-state index in [-0.39, 0.29) is 11.9 Å². The van der Waals surface area contributed by atoms with Gasteiger partial charge in [-0.3, -0.25) is 4.79 Å². The molecule has 5 rings (SSSR count). The van der Waals surface area contributed by atoms with E-state index >= 15 is 0 Å². The van der Waals surface area contributed by atoms with Crippen LogP contribution in [0.1, 0.15) is 43.5 Å². The Hall–Kier alpha value is -3.14. The topological polar surface area (TPSA) is 84.3 Å². The van der Waals surface area contributed by atoms with Crippen LogP contribution >= 0.6 is 11.3 Å². The Morgan fingerprint density at radius 3 is 2.91 bits per heavy atom. The molecule has 10 heteroatoms. The van der Waals surface area contributed by atoms with Crippen LogP contribution in [0.5, 0.6) is 5.75 Å². The lowest BCUT2D eigenvalue weighted by Gasteiger charge is -2.35. The van der Waals surface area contributed by atoms with Gasteiger partial charge in [0.25, 0.3) is 0 Å². The van der Waals surface area contributed by atoms with Crippen molar-refractivity contribution in [2.24, 2.45) is 0 Å². The van der Waals surface area contributed by atoms with E-state index in [2.05, 4.69) is 15.0 Å². The third-order valence-electron chi connectivity index (χ3n) is 6.13. The summed E-state index contributed by atoms with van der Waals surface area (Å²) in [4.78, 5) is 33.2. The van der Waals surface area contributed by atoms with Crippen LogP contribution in [-0.4, -0.2) is 57.0 Å². The largest absolute Gasteiger partial charge is 0.493 e. The van der Waals surface area contributed by atoms with Gasteiger partial charge in [-0.05, 0) is 19.8 Å². The van der Waals surface area contributed by atoms with Crippen molar-refractivity contribution in [2.45, 2.75) is 38.6 Å². The molecule has 1 atom stereocenters. The zero-order valence-electron chi connectivity index (χ0n) is 18.4. The highest BCUT2D eigenvalue weighted by molar-refractivity contribution is 7.07. The van der Waals surface area contributed by atoms with Gasteiger partial charge in [-0.1, -0.05) is 0 Å². The number of ether oxygens (including phenoxy) is 1. The second kappa shape index (κ2) is 9.38. The first kappa shape index (κ1) is 21.7. The average Bonchev–Trinajstić information content (AvgIpc) is 3.48. The number of carbonyl (C=O) groups is 1. The minimum Gasteiger partial charge on any atom is -0.493 e. The Balaban J connectivity index is 1.26. The summed E-state index contributed by atoms with van der Waals surface area (Å²) in [5.74, 6) is 1.23. The number of fused-ring (bicyclic) bond motifs is 1. The first-order valence-electron chi connectivity index (χ1n) is 11.2. The minimum absolute atomic E-state index is 0.0541. The number of aromatic nitrogens is 4. The number of nitrogens with zero attached hydrogens (tertiary/aromatic N) is 6. The molecule has 0 spiro atoms. The van der Waals surface area contributed by atoms with E-state index in [0.717, 1.165) is 29.9 Å². The fraction of sp³-hybridized carbons (Fsp3) is 0.435. The number of rotatable bonds is 7. The Bertz CT molecular complexity index is 1140. The van der Waals surface area contributed by atoms with Gasteiger partial charge in [-0.25, -0.2) is 19.9 Å². The molecule has 1 amide bonds. The Kier molecular flexibility index (Phi) is 6.17. The van der Waals surface area contributed by atoms with Gasteiger partial charge in [0.1, 0.15) is 17.3 Å². The highest BCUT2D eigenvalue weighted by Crippen LogP contribution is 2.34. The van der Waals surface area contributed by atoms with Crippen LogP contribution in [-0.2, 0) is 11.2 Å². The lowest BCUT2D eigenvalue weighted by Crippen LogP contribution is -2.35. The lowest BCUT2D eigenvalue weighted by molar-refractivity contribution is -0.127. The lowest BCUT2D eigenvalue weighted by atomic mass is 9.99. The summed E-state index contributed by atoms with van der Waals surface area (Å²) in [5, 5.41) is 1.93. The molecule has 1 saturated heterocycles. The Morgan fingerprint density at radius 2 is 2.12 bits per heavy atom. The standard InChI is InChI=1S/C23H25FN6O2S/c1-15-17-12-25-23(19-13-33-14-26-19)27-18(17)5-8-30(15)21-11-16(10-20(24)28-21)32-9-3-7-29-6-2-4-22(29)31/h10-15H,2-9H2,1H3. The summed E-state index contributed by atoms with van der Waals surface area (Å²) >= 11 is 1.51. The van der Waals surface area contributed by atoms with E-state index in [1.54, 1.807) is 11.6 Å². The van der Waals surface area contributed by atoms with E-state index < -0.39 is 5.95 Å². The van der Waals surface area contributed by atoms with E-state index in [1.807, 2.05) is 28.3 Å². The normalized spacial score (nSPS) is 18.0. The van der Waals surface area contributed by atoms with Crippen molar-refractivity contribution in [3.63, 3.8) is 0 Å². The van der Waals surface area contributed by atoms with Crippen molar-refractivity contribution in [3.8, 4) is 17.3 Å². The first-order chi connectivity index (χ1) is 16.1. The summed E-state index contributed by atoms with van der Waals surface area (Å²) in [6.07, 6.45) is 4.81. The molecule has 0 aliphatic carbocycles. The molecule has 3 aromatic heterocycles. The molecule has 8 nitrogen and oxygen atoms in total. The Labute approximate surface area is 195 Å². The summed E-state index contributed by atoms with van der Waals surface area (Å²) in [6, 6.07) is 3.02. The van der Waals surface area contributed by atoms with E-state index in [9.17, 15) is 9.18 Å². The third kappa shape index (κ3) is 4.66. The molecule has 3 aromatic rings. The van der Waals surface area contributed by atoms with Gasteiger partial charge in [0, 0.05) is 61.7 Å². The first-order valence-corrected chi connectivity index (χ1v) is 12.1. The summed E-state index contributed by atoms with van der Waals surface area (Å²) in [7, 11) is 0. The number of halogens is 1. The number of likely N-dealkylation sites (tertiary alicyclic amines) is 1. The number of carbonyl (C=O) groups excluding carboxylic acids is 1. The molecular weight excluding hydrogens is 443 g/mol. The van der Waals surface area contributed by atoms with E-state index in [4.69, 9.17) is 9.72 Å². The maximum Gasteiger partial charge on any atom is 0.222 e. The van der Waals surface area contributed by atoms with E-state index in [0.29, 0.717) is 56.4 Å². The van der Waals surface area contributed by atoms with Gasteiger partial charge in [0.15, 0.2) is 5.82 Å². The fourth-order valence-electron chi connectivity index (χ4n) is 4.40. The maximum atomic E-state index is 14.3. The van der Waals surface area contributed by atoms with Gasteiger partial charge >= 0.3 is 0 Å². The second-order valence-electron chi connectivity index (χ2n) is 8.26. The number of thiazole rings is 1. The fourth-order valence-corrected chi connectivity index (χ4v) is 4.93. The monoisotopic (exact) mass is 468 g/mol. The molecule has 0 radical (unpaired) electrons. The van der Waals surface area contributed by atoms with Gasteiger partial charge in [-0.2, -0.15) is 4.39 Å². The zero-order valence-corrected chi connectivity index (χ0v) is 19.2. The average molecular weight is 469 g/mol. The van der Waals surface area contributed by atoms with Crippen LogP contribution in [0.25, 0.3) is 11.5 Å². The molecule has 0 aromatic carbocycles. The van der Waals surface area contributed by atoms with Gasteiger partial charge in [0.05, 0.1) is 23.9 Å². The van der Waals surface area contributed by atoms with Gasteiger partial charge in [-0.15, -0.1) is 11.3 Å². The zero-order chi connectivity index (χ0) is 22.8. The van der Waals surface area contributed by atoms with Crippen molar-refractivity contribution in [1.29, 1.82) is 0 Å². The summed E-state index contributed by atoms with van der Waals surface area (Å²) < 4.78 is 20.1. The van der Waals surface area contributed by atoms with Gasteiger partial charge in [0.2, 0.25) is 11.9 Å². The van der Waals surface area contributed by atoms with Crippen LogP contribution in [0.3, 0.4) is 0 Å². The van der Waals surface area contributed by atoms with Crippen LogP contribution in [0.15, 0.2) is 29.2 Å². The number of anilines is 1.